The van der Waals surface area contributed by atoms with Gasteiger partial charge in [-0.25, -0.2) is 0 Å². The molecule has 0 aromatic heterocycles. The molecule has 1 spiro atoms. The van der Waals surface area contributed by atoms with Crippen LogP contribution in [0.5, 0.6) is 5.75 Å². The van der Waals surface area contributed by atoms with Crippen LogP contribution in [0.2, 0.25) is 5.02 Å². The second-order valence-corrected chi connectivity index (χ2v) is 11.0. The number of hydrogen-bond acceptors (Lipinski definition) is 5. The molecule has 0 radical (unpaired) electrons. The van der Waals surface area contributed by atoms with E-state index in [4.69, 9.17) is 16.3 Å². The van der Waals surface area contributed by atoms with Crippen molar-refractivity contribution in [2.45, 2.75) is 24.9 Å². The van der Waals surface area contributed by atoms with E-state index in [1.54, 1.807) is 48.5 Å². The summed E-state index contributed by atoms with van der Waals surface area (Å²) in [5.41, 5.74) is 2.05. The van der Waals surface area contributed by atoms with E-state index in [0.717, 1.165) is 11.3 Å². The van der Waals surface area contributed by atoms with Gasteiger partial charge in [0.1, 0.15) is 17.2 Å². The van der Waals surface area contributed by atoms with E-state index >= 15 is 0 Å². The summed E-state index contributed by atoms with van der Waals surface area (Å²) < 4.78 is 6.08. The predicted octanol–water partition coefficient (Wildman–Crippen LogP) is 7.06. The quantitative estimate of drug-likeness (QED) is 0.193. The summed E-state index contributed by atoms with van der Waals surface area (Å²) in [5, 5.41) is 0.517. The van der Waals surface area contributed by atoms with Crippen LogP contribution in [0.3, 0.4) is 0 Å². The Morgan fingerprint density at radius 2 is 1.49 bits per heavy atom. The minimum atomic E-state index is -1.58. The molecule has 0 bridgehead atoms. The molecule has 6 heteroatoms. The lowest BCUT2D eigenvalue weighted by Gasteiger charge is -2.37. The summed E-state index contributed by atoms with van der Waals surface area (Å²) in [6.07, 6.45) is 3.89. The molecule has 0 saturated carbocycles. The van der Waals surface area contributed by atoms with Crippen molar-refractivity contribution in [2.24, 2.45) is 5.41 Å². The number of para-hydroxylation sites is 2. The molecular weight excluding hydrogens is 534 g/mol. The first-order valence-electron chi connectivity index (χ1n) is 13.7. The van der Waals surface area contributed by atoms with Crippen molar-refractivity contribution in [1.82, 2.24) is 0 Å². The summed E-state index contributed by atoms with van der Waals surface area (Å²) in [4.78, 5) is 46.2. The van der Waals surface area contributed by atoms with Gasteiger partial charge in [-0.1, -0.05) is 84.4 Å². The summed E-state index contributed by atoms with van der Waals surface area (Å²) in [7, 11) is 0. The molecule has 7 rings (SSSR count). The highest BCUT2D eigenvalue weighted by Crippen LogP contribution is 2.61. The van der Waals surface area contributed by atoms with Crippen LogP contribution in [0.1, 0.15) is 55.0 Å². The molecule has 2 heterocycles. The molecule has 0 N–H and O–H groups in total. The fourth-order valence-electron chi connectivity index (χ4n) is 7.07. The third kappa shape index (κ3) is 3.52. The normalized spacial score (nSPS) is 21.5. The Kier molecular flexibility index (Phi) is 5.95. The van der Waals surface area contributed by atoms with Crippen LogP contribution in [0.25, 0.3) is 6.08 Å². The van der Waals surface area contributed by atoms with Crippen LogP contribution in [-0.2, 0) is 0 Å². The minimum Gasteiger partial charge on any atom is -0.494 e. The molecule has 202 valence electrons. The number of ketones is 3. The fraction of sp³-hybridized carbons (Fsp3) is 0.171. The number of anilines is 1. The lowest BCUT2D eigenvalue weighted by Crippen LogP contribution is -2.48. The standard InChI is InChI=1S/C35H26ClNO4/c1-2-41-28-14-8-6-12-26(28)30-31(32(38)22-15-18-23(36)19-16-22)37-27-13-7-3-9-21(27)17-20-29(37)35(30)33(39)24-10-4-5-11-25(24)34(35)40/h3-20,29-31H,2H2,1H3/t29-,30-,31+/m0/s1. The fourth-order valence-corrected chi connectivity index (χ4v) is 7.20. The van der Waals surface area contributed by atoms with Gasteiger partial charge in [-0.05, 0) is 48.9 Å². The van der Waals surface area contributed by atoms with E-state index in [-0.39, 0.29) is 17.3 Å². The van der Waals surface area contributed by atoms with E-state index in [1.807, 2.05) is 72.5 Å². The molecule has 2 aliphatic heterocycles. The number of hydrogen-bond donors (Lipinski definition) is 0. The van der Waals surface area contributed by atoms with Gasteiger partial charge in [0, 0.05) is 38.9 Å². The van der Waals surface area contributed by atoms with E-state index in [0.29, 0.717) is 39.6 Å². The van der Waals surface area contributed by atoms with Crippen molar-refractivity contribution in [3.05, 3.63) is 136 Å². The van der Waals surface area contributed by atoms with Gasteiger partial charge in [0.05, 0.1) is 12.6 Å². The van der Waals surface area contributed by atoms with Gasteiger partial charge in [-0.15, -0.1) is 0 Å². The number of carbonyl (C=O) groups excluding carboxylic acids is 3. The molecule has 4 aromatic rings. The van der Waals surface area contributed by atoms with Crippen molar-refractivity contribution in [1.29, 1.82) is 0 Å². The molecule has 41 heavy (non-hydrogen) atoms. The highest BCUT2D eigenvalue weighted by Gasteiger charge is 2.71. The minimum absolute atomic E-state index is 0.193. The lowest BCUT2D eigenvalue weighted by molar-refractivity contribution is 0.0664. The zero-order valence-corrected chi connectivity index (χ0v) is 23.0. The molecule has 3 atom stereocenters. The van der Waals surface area contributed by atoms with Crippen LogP contribution in [0, 0.1) is 5.41 Å². The Balaban J connectivity index is 1.56. The maximum absolute atomic E-state index is 14.7. The molecule has 4 aromatic carbocycles. The zero-order valence-electron chi connectivity index (χ0n) is 22.3. The summed E-state index contributed by atoms with van der Waals surface area (Å²) in [5.74, 6) is -0.996. The molecule has 1 aliphatic carbocycles. The Bertz CT molecular complexity index is 1720. The number of nitrogens with zero attached hydrogens (tertiary/aromatic N) is 1. The van der Waals surface area contributed by atoms with E-state index in [9.17, 15) is 14.4 Å². The molecule has 1 fully saturated rings. The van der Waals surface area contributed by atoms with Crippen LogP contribution in [0.15, 0.2) is 103 Å². The van der Waals surface area contributed by atoms with Crippen molar-refractivity contribution < 1.29 is 19.1 Å². The number of carbonyl (C=O) groups is 3. The Morgan fingerprint density at radius 1 is 0.854 bits per heavy atom. The topological polar surface area (TPSA) is 63.7 Å². The lowest BCUT2D eigenvalue weighted by atomic mass is 9.64. The van der Waals surface area contributed by atoms with Gasteiger partial charge < -0.3 is 9.64 Å². The Hall–Kier alpha value is -4.48. The van der Waals surface area contributed by atoms with Crippen molar-refractivity contribution in [3.63, 3.8) is 0 Å². The van der Waals surface area contributed by atoms with Gasteiger partial charge in [0.25, 0.3) is 0 Å². The van der Waals surface area contributed by atoms with Crippen LogP contribution < -0.4 is 9.64 Å². The largest absolute Gasteiger partial charge is 0.494 e. The highest BCUT2D eigenvalue weighted by molar-refractivity contribution is 6.32. The van der Waals surface area contributed by atoms with Gasteiger partial charge >= 0.3 is 0 Å². The average molecular weight is 560 g/mol. The van der Waals surface area contributed by atoms with Gasteiger partial charge in [-0.2, -0.15) is 0 Å². The molecule has 0 unspecified atom stereocenters. The third-order valence-corrected chi connectivity index (χ3v) is 8.92. The van der Waals surface area contributed by atoms with Gasteiger partial charge in [-0.3, -0.25) is 14.4 Å². The Morgan fingerprint density at radius 3 is 2.20 bits per heavy atom. The first-order chi connectivity index (χ1) is 20.0. The number of Topliss-reactive ketones (excluding diaryl/α,β-unsaturated/α-hetero) is 3. The van der Waals surface area contributed by atoms with Gasteiger partial charge in [0.15, 0.2) is 17.3 Å². The van der Waals surface area contributed by atoms with Crippen molar-refractivity contribution in [3.8, 4) is 5.75 Å². The number of halogens is 1. The maximum Gasteiger partial charge on any atom is 0.185 e. The van der Waals surface area contributed by atoms with Crippen LogP contribution >= 0.6 is 11.6 Å². The van der Waals surface area contributed by atoms with Crippen LogP contribution in [0.4, 0.5) is 5.69 Å². The van der Waals surface area contributed by atoms with Crippen molar-refractivity contribution >= 4 is 40.7 Å². The first kappa shape index (κ1) is 25.5. The van der Waals surface area contributed by atoms with Gasteiger partial charge in [0.2, 0.25) is 0 Å². The summed E-state index contributed by atoms with van der Waals surface area (Å²) in [6, 6.07) is 27.5. The summed E-state index contributed by atoms with van der Waals surface area (Å²) >= 11 is 6.19. The monoisotopic (exact) mass is 559 g/mol. The number of fused-ring (bicyclic) bond motifs is 5. The number of rotatable bonds is 5. The smallest absolute Gasteiger partial charge is 0.185 e. The zero-order chi connectivity index (χ0) is 28.3. The van der Waals surface area contributed by atoms with E-state index < -0.39 is 23.4 Å². The summed E-state index contributed by atoms with van der Waals surface area (Å²) in [6.45, 7) is 2.28. The van der Waals surface area contributed by atoms with E-state index in [1.165, 1.54) is 0 Å². The highest BCUT2D eigenvalue weighted by atomic mass is 35.5. The average Bonchev–Trinajstić information content (AvgIpc) is 3.44. The number of ether oxygens (including phenoxy) is 1. The molecular formula is C35H26ClNO4. The predicted molar refractivity (Wildman–Crippen MR) is 159 cm³/mol. The second kappa shape index (κ2) is 9.57. The van der Waals surface area contributed by atoms with Crippen LogP contribution in [-0.4, -0.2) is 36.0 Å². The maximum atomic E-state index is 14.7. The Labute approximate surface area is 243 Å². The van der Waals surface area contributed by atoms with Crippen molar-refractivity contribution in [2.75, 3.05) is 11.5 Å². The first-order valence-corrected chi connectivity index (χ1v) is 14.1. The second-order valence-electron chi connectivity index (χ2n) is 10.6. The molecule has 3 aliphatic rings. The molecule has 1 saturated heterocycles. The molecule has 5 nitrogen and oxygen atoms in total. The third-order valence-electron chi connectivity index (χ3n) is 8.66. The van der Waals surface area contributed by atoms with E-state index in [2.05, 4.69) is 0 Å². The number of benzene rings is 4. The molecule has 0 amide bonds. The SMILES string of the molecule is CCOc1ccccc1[C@H]1[C@H](C(=O)c2ccc(Cl)cc2)N2c3ccccc3C=C[C@H]2C12C(=O)c1ccccc1C2=O.